The van der Waals surface area contributed by atoms with Crippen LogP contribution in [-0.2, 0) is 0 Å². The molecule has 0 heterocycles. The molecule has 6 heteroatoms. The largest absolute Gasteiger partial charge is 0.410 e. The van der Waals surface area contributed by atoms with E-state index in [1.165, 1.54) is 0 Å². The van der Waals surface area contributed by atoms with E-state index in [0.29, 0.717) is 10.8 Å². The fraction of sp³-hybridized carbons (Fsp3) is 0. The normalized spacial score (nSPS) is 15.3. The van der Waals surface area contributed by atoms with Gasteiger partial charge in [0.2, 0.25) is 0 Å². The van der Waals surface area contributed by atoms with Gasteiger partial charge in [0.1, 0.15) is 10.7 Å². The molecule has 0 aliphatic carbocycles. The Hall–Kier alpha value is -2.37. The zero-order valence-corrected chi connectivity index (χ0v) is 7.49. The van der Waals surface area contributed by atoms with Crippen molar-refractivity contribution in [3.63, 3.8) is 0 Å². The lowest BCUT2D eigenvalue weighted by atomic mass is 10.2. The van der Waals surface area contributed by atoms with Gasteiger partial charge in [-0.15, -0.1) is 0 Å². The molecule has 0 aliphatic rings. The van der Waals surface area contributed by atoms with Crippen molar-refractivity contribution in [2.45, 2.75) is 0 Å². The summed E-state index contributed by atoms with van der Waals surface area (Å²) in [4.78, 5) is 0. The third kappa shape index (κ3) is 1.15. The summed E-state index contributed by atoms with van der Waals surface area (Å²) >= 11 is 0. The fourth-order valence-corrected chi connectivity index (χ4v) is 1.56. The Bertz CT molecular complexity index is 612. The number of nitrogens with zero attached hydrogens (tertiary/aromatic N) is 3. The maximum absolute atomic E-state index is 8.79. The van der Waals surface area contributed by atoms with Gasteiger partial charge in [-0.25, -0.2) is 0 Å². The lowest BCUT2D eigenvalue weighted by Gasteiger charge is -1.84. The number of rotatable bonds is 0. The van der Waals surface area contributed by atoms with E-state index >= 15 is 0 Å². The fourth-order valence-electron chi connectivity index (χ4n) is 1.56. The maximum atomic E-state index is 8.79. The second-order valence-electron chi connectivity index (χ2n) is 2.89. The first-order chi connectivity index (χ1) is 7.33. The van der Waals surface area contributed by atoms with Gasteiger partial charge in [0.25, 0.3) is 0 Å². The minimum Gasteiger partial charge on any atom is -0.410 e. The summed E-state index contributed by atoms with van der Waals surface area (Å²) in [6, 6.07) is 6.82. The first-order valence-electron chi connectivity index (χ1n) is 4.10. The van der Waals surface area contributed by atoms with Gasteiger partial charge < -0.3 is 15.6 Å². The van der Waals surface area contributed by atoms with E-state index < -0.39 is 0 Å². The van der Waals surface area contributed by atoms with Crippen molar-refractivity contribution in [3.8, 4) is 0 Å². The molecular formula is C9H7N3O3. The van der Waals surface area contributed by atoms with Gasteiger partial charge in [0.15, 0.2) is 5.36 Å². The van der Waals surface area contributed by atoms with Gasteiger partial charge in [-0.05, 0) is 0 Å². The molecular weight excluding hydrogens is 198 g/mol. The molecule has 76 valence electrons. The number of hydrogen-bond donors (Lipinski definition) is 3. The second kappa shape index (κ2) is 3.41. The van der Waals surface area contributed by atoms with Crippen molar-refractivity contribution in [2.75, 3.05) is 0 Å². The highest BCUT2D eigenvalue weighted by atomic mass is 16.4. The highest BCUT2D eigenvalue weighted by molar-refractivity contribution is 5.82. The van der Waals surface area contributed by atoms with Crippen molar-refractivity contribution < 1.29 is 15.6 Å². The first-order valence-corrected chi connectivity index (χ1v) is 4.10. The molecule has 0 bridgehead atoms. The topological polar surface area (TPSA) is 97.8 Å². The molecule has 0 aliphatic heterocycles. The number of fused-ring (bicyclic) bond motifs is 1. The lowest BCUT2D eigenvalue weighted by molar-refractivity contribution is 0.280. The molecule has 0 fully saturated rings. The Morgan fingerprint density at radius 2 is 1.07 bits per heavy atom. The number of hydrogen-bond acceptors (Lipinski definition) is 6. The molecule has 0 unspecified atom stereocenters. The van der Waals surface area contributed by atoms with Crippen LogP contribution in [0.2, 0.25) is 0 Å². The molecule has 0 amide bonds. The summed E-state index contributed by atoms with van der Waals surface area (Å²) < 4.78 is 0. The average Bonchev–Trinajstić information content (AvgIpc) is 2.61. The summed E-state index contributed by atoms with van der Waals surface area (Å²) in [6.07, 6.45) is 0. The predicted molar refractivity (Wildman–Crippen MR) is 48.4 cm³/mol. The van der Waals surface area contributed by atoms with Gasteiger partial charge in [-0.3, -0.25) is 0 Å². The van der Waals surface area contributed by atoms with Crippen LogP contribution in [0.1, 0.15) is 0 Å². The molecule has 0 spiro atoms. The van der Waals surface area contributed by atoms with Crippen molar-refractivity contribution in [1.29, 1.82) is 0 Å². The van der Waals surface area contributed by atoms with E-state index in [0.717, 1.165) is 0 Å². The summed E-state index contributed by atoms with van der Waals surface area (Å²) in [5.41, 5.74) is 0. The van der Waals surface area contributed by atoms with Crippen molar-refractivity contribution in [2.24, 2.45) is 15.5 Å². The van der Waals surface area contributed by atoms with Crippen molar-refractivity contribution in [3.05, 3.63) is 40.3 Å². The van der Waals surface area contributed by atoms with Gasteiger partial charge in [-0.1, -0.05) is 39.7 Å². The van der Waals surface area contributed by atoms with Crippen molar-refractivity contribution >= 4 is 10.8 Å². The van der Waals surface area contributed by atoms with Crippen LogP contribution in [0.15, 0.2) is 39.7 Å². The quantitative estimate of drug-likeness (QED) is 0.402. The predicted octanol–water partition coefficient (Wildman–Crippen LogP) is -0.415. The van der Waals surface area contributed by atoms with Crippen molar-refractivity contribution in [1.82, 2.24) is 0 Å². The zero-order chi connectivity index (χ0) is 10.8. The van der Waals surface area contributed by atoms with Crippen LogP contribution in [0.25, 0.3) is 10.8 Å². The zero-order valence-electron chi connectivity index (χ0n) is 7.49. The van der Waals surface area contributed by atoms with Crippen LogP contribution in [-0.4, -0.2) is 15.6 Å². The van der Waals surface area contributed by atoms with E-state index in [1.807, 2.05) is 0 Å². The minimum atomic E-state index is -0.0544. The third-order valence-corrected chi connectivity index (χ3v) is 2.19. The Balaban J connectivity index is 3.27. The summed E-state index contributed by atoms with van der Waals surface area (Å²) in [5.74, 6) is 0. The highest BCUT2D eigenvalue weighted by Gasteiger charge is 2.07. The van der Waals surface area contributed by atoms with Gasteiger partial charge in [0.05, 0.1) is 0 Å². The second-order valence-corrected chi connectivity index (χ2v) is 2.89. The van der Waals surface area contributed by atoms with Gasteiger partial charge in [0, 0.05) is 10.8 Å². The Morgan fingerprint density at radius 1 is 0.667 bits per heavy atom. The molecule has 2 rings (SSSR count). The summed E-state index contributed by atoms with van der Waals surface area (Å²) in [5, 5.41) is 36.5. The molecule has 2 aromatic carbocycles. The monoisotopic (exact) mass is 205 g/mol. The SMILES string of the molecule is ON=c1c(=NO)c2ccccc2/c1=N\O. The van der Waals surface area contributed by atoms with E-state index in [4.69, 9.17) is 15.6 Å². The van der Waals surface area contributed by atoms with Crippen LogP contribution in [0.3, 0.4) is 0 Å². The Morgan fingerprint density at radius 3 is 1.40 bits per heavy atom. The first kappa shape index (κ1) is 9.20. The van der Waals surface area contributed by atoms with Crippen LogP contribution < -0.4 is 16.1 Å². The molecule has 0 aromatic heterocycles. The third-order valence-electron chi connectivity index (χ3n) is 2.19. The van der Waals surface area contributed by atoms with Crippen LogP contribution in [0.4, 0.5) is 0 Å². The van der Waals surface area contributed by atoms with E-state index in [9.17, 15) is 0 Å². The summed E-state index contributed by atoms with van der Waals surface area (Å²) in [7, 11) is 0. The molecule has 0 saturated carbocycles. The smallest absolute Gasteiger partial charge is 0.161 e. The molecule has 6 nitrogen and oxygen atoms in total. The molecule has 0 saturated heterocycles. The lowest BCUT2D eigenvalue weighted by Crippen LogP contribution is -2.33. The maximum Gasteiger partial charge on any atom is 0.161 e. The molecule has 0 atom stereocenters. The summed E-state index contributed by atoms with van der Waals surface area (Å²) in [6.45, 7) is 0. The van der Waals surface area contributed by atoms with E-state index in [-0.39, 0.29) is 16.1 Å². The average molecular weight is 205 g/mol. The molecule has 2 aromatic rings. The highest BCUT2D eigenvalue weighted by Crippen LogP contribution is 2.02. The Kier molecular flexibility index (Phi) is 2.09. The Labute approximate surface area is 83.0 Å². The minimum absolute atomic E-state index is 0.0544. The molecule has 0 radical (unpaired) electrons. The van der Waals surface area contributed by atoms with Gasteiger partial charge >= 0.3 is 0 Å². The number of benzene rings is 1. The van der Waals surface area contributed by atoms with Gasteiger partial charge in [-0.2, -0.15) is 0 Å². The van der Waals surface area contributed by atoms with Crippen LogP contribution >= 0.6 is 0 Å². The van der Waals surface area contributed by atoms with Crippen LogP contribution in [0.5, 0.6) is 0 Å². The molecule has 15 heavy (non-hydrogen) atoms. The van der Waals surface area contributed by atoms with E-state index in [1.54, 1.807) is 24.3 Å². The van der Waals surface area contributed by atoms with Crippen LogP contribution in [0, 0.1) is 0 Å². The standard InChI is InChI=1S/C9H7N3O3/c13-10-7-5-3-1-2-4-6(5)8(11-14)9(7)12-15/h1-4,13-15H/b10-7+,11-8?,12-9?. The molecule has 3 N–H and O–H groups in total. The van der Waals surface area contributed by atoms with E-state index in [2.05, 4.69) is 15.5 Å².